The Kier molecular flexibility index (Phi) is 17.7. The average molecular weight is 381 g/mol. The summed E-state index contributed by atoms with van der Waals surface area (Å²) in [7, 11) is 0. The van der Waals surface area contributed by atoms with Gasteiger partial charge in [0.25, 0.3) is 0 Å². The Balaban J connectivity index is 1.67. The van der Waals surface area contributed by atoms with Crippen LogP contribution in [-0.4, -0.2) is 46.2 Å². The van der Waals surface area contributed by atoms with Crippen molar-refractivity contribution in [2.75, 3.05) is 46.2 Å². The molecule has 0 heterocycles. The van der Waals surface area contributed by atoms with Gasteiger partial charge >= 0.3 is 0 Å². The van der Waals surface area contributed by atoms with Crippen LogP contribution in [0.3, 0.4) is 0 Å². The van der Waals surface area contributed by atoms with E-state index >= 15 is 0 Å². The van der Waals surface area contributed by atoms with Crippen molar-refractivity contribution in [3.8, 4) is 0 Å². The van der Waals surface area contributed by atoms with Crippen LogP contribution in [0.2, 0.25) is 0 Å². The van der Waals surface area contributed by atoms with Crippen molar-refractivity contribution in [3.05, 3.63) is 35.9 Å². The van der Waals surface area contributed by atoms with Crippen LogP contribution in [0.15, 0.2) is 30.3 Å². The average Bonchev–Trinajstić information content (AvgIpc) is 2.70. The van der Waals surface area contributed by atoms with Crippen LogP contribution < -0.4 is 0 Å². The molecule has 0 saturated carbocycles. The second-order valence-electron chi connectivity index (χ2n) is 6.85. The third-order valence-electron chi connectivity index (χ3n) is 4.33. The van der Waals surface area contributed by atoms with Gasteiger partial charge < -0.3 is 18.9 Å². The van der Waals surface area contributed by atoms with Crippen molar-refractivity contribution < 1.29 is 18.9 Å². The third kappa shape index (κ3) is 16.9. The van der Waals surface area contributed by atoms with E-state index in [2.05, 4.69) is 19.1 Å². The molecule has 1 aromatic carbocycles. The monoisotopic (exact) mass is 380 g/mol. The lowest BCUT2D eigenvalue weighted by Crippen LogP contribution is -2.10. The molecule has 0 aromatic heterocycles. The Labute approximate surface area is 166 Å². The molecule has 0 spiro atoms. The predicted molar refractivity (Wildman–Crippen MR) is 111 cm³/mol. The van der Waals surface area contributed by atoms with E-state index < -0.39 is 0 Å². The van der Waals surface area contributed by atoms with E-state index in [0.717, 1.165) is 26.2 Å². The zero-order valence-corrected chi connectivity index (χ0v) is 17.3. The highest BCUT2D eigenvalue weighted by Gasteiger charge is 1.95. The van der Waals surface area contributed by atoms with Crippen LogP contribution in [0.5, 0.6) is 0 Å². The number of rotatable bonds is 20. The number of hydrogen-bond acceptors (Lipinski definition) is 4. The molecule has 4 heteroatoms. The standard InChI is InChI=1S/C23H40O4/c1-2-3-4-5-6-7-11-15-24-16-12-17-25-18-19-26-20-21-27-22-23-13-9-8-10-14-23/h8-10,13-14H,2-7,11-12,15-22H2,1H3. The van der Waals surface area contributed by atoms with Crippen molar-refractivity contribution >= 4 is 0 Å². The number of ether oxygens (including phenoxy) is 4. The van der Waals surface area contributed by atoms with E-state index in [0.29, 0.717) is 33.0 Å². The molecule has 156 valence electrons. The van der Waals surface area contributed by atoms with E-state index in [1.54, 1.807) is 0 Å². The fourth-order valence-electron chi connectivity index (χ4n) is 2.73. The lowest BCUT2D eigenvalue weighted by atomic mass is 10.1. The Morgan fingerprint density at radius 3 is 1.74 bits per heavy atom. The zero-order valence-electron chi connectivity index (χ0n) is 17.3. The maximum atomic E-state index is 5.64. The first-order valence-electron chi connectivity index (χ1n) is 10.8. The Hall–Kier alpha value is -0.940. The van der Waals surface area contributed by atoms with Crippen LogP contribution >= 0.6 is 0 Å². The molecule has 0 saturated heterocycles. The summed E-state index contributed by atoms with van der Waals surface area (Å²) in [5, 5.41) is 0. The molecule has 1 rings (SSSR count). The lowest BCUT2D eigenvalue weighted by molar-refractivity contribution is 0.00638. The first-order chi connectivity index (χ1) is 13.4. The normalized spacial score (nSPS) is 11.1. The summed E-state index contributed by atoms with van der Waals surface area (Å²) in [6.07, 6.45) is 10.3. The topological polar surface area (TPSA) is 36.9 Å². The number of hydrogen-bond donors (Lipinski definition) is 0. The summed E-state index contributed by atoms with van der Waals surface area (Å²) >= 11 is 0. The van der Waals surface area contributed by atoms with Gasteiger partial charge in [-0.1, -0.05) is 75.8 Å². The molecule has 0 fully saturated rings. The van der Waals surface area contributed by atoms with E-state index in [9.17, 15) is 0 Å². The van der Waals surface area contributed by atoms with Gasteiger partial charge in [0.15, 0.2) is 0 Å². The lowest BCUT2D eigenvalue weighted by Gasteiger charge is -2.07. The third-order valence-corrected chi connectivity index (χ3v) is 4.33. The molecule has 0 radical (unpaired) electrons. The van der Waals surface area contributed by atoms with Gasteiger partial charge in [0.2, 0.25) is 0 Å². The molecule has 0 aliphatic carbocycles. The summed E-state index contributed by atoms with van der Waals surface area (Å²) in [6, 6.07) is 10.2. The minimum atomic E-state index is 0.609. The Morgan fingerprint density at radius 2 is 1.04 bits per heavy atom. The van der Waals surface area contributed by atoms with E-state index in [1.165, 1.54) is 50.5 Å². The van der Waals surface area contributed by atoms with Gasteiger partial charge in [0, 0.05) is 19.8 Å². The molecule has 1 aromatic rings. The highest BCUT2D eigenvalue weighted by Crippen LogP contribution is 2.06. The molecule has 0 aliphatic rings. The molecule has 27 heavy (non-hydrogen) atoms. The Morgan fingerprint density at radius 1 is 0.519 bits per heavy atom. The van der Waals surface area contributed by atoms with Crippen LogP contribution in [0.4, 0.5) is 0 Å². The molecule has 0 atom stereocenters. The van der Waals surface area contributed by atoms with Crippen LogP contribution in [0, 0.1) is 0 Å². The first-order valence-corrected chi connectivity index (χ1v) is 10.8. The zero-order chi connectivity index (χ0) is 19.3. The van der Waals surface area contributed by atoms with Crippen molar-refractivity contribution in [1.29, 1.82) is 0 Å². The first kappa shape index (κ1) is 24.1. The SMILES string of the molecule is CCCCCCCCCOCCCOCCOCCOCc1ccccc1. The Bertz CT molecular complexity index is 397. The van der Waals surface area contributed by atoms with Gasteiger partial charge in [0.05, 0.1) is 33.0 Å². The highest BCUT2D eigenvalue weighted by atomic mass is 16.5. The van der Waals surface area contributed by atoms with Crippen molar-refractivity contribution in [2.24, 2.45) is 0 Å². The van der Waals surface area contributed by atoms with Crippen LogP contribution in [0.25, 0.3) is 0 Å². The quantitative estimate of drug-likeness (QED) is 0.284. The van der Waals surface area contributed by atoms with Crippen molar-refractivity contribution in [2.45, 2.75) is 64.9 Å². The van der Waals surface area contributed by atoms with Gasteiger partial charge in [-0.3, -0.25) is 0 Å². The largest absolute Gasteiger partial charge is 0.381 e. The minimum Gasteiger partial charge on any atom is -0.381 e. The fraction of sp³-hybridized carbons (Fsp3) is 0.739. The summed E-state index contributed by atoms with van der Waals surface area (Å²) < 4.78 is 22.2. The van der Waals surface area contributed by atoms with Gasteiger partial charge in [0.1, 0.15) is 0 Å². The highest BCUT2D eigenvalue weighted by molar-refractivity contribution is 5.13. The summed E-state index contributed by atoms with van der Waals surface area (Å²) in [4.78, 5) is 0. The summed E-state index contributed by atoms with van der Waals surface area (Å²) in [5.74, 6) is 0. The summed E-state index contributed by atoms with van der Waals surface area (Å²) in [6.45, 7) is 7.80. The molecule has 4 nitrogen and oxygen atoms in total. The van der Waals surface area contributed by atoms with Gasteiger partial charge in [-0.15, -0.1) is 0 Å². The van der Waals surface area contributed by atoms with Crippen LogP contribution in [0.1, 0.15) is 63.9 Å². The molecule has 0 unspecified atom stereocenters. The van der Waals surface area contributed by atoms with Crippen molar-refractivity contribution in [3.63, 3.8) is 0 Å². The minimum absolute atomic E-state index is 0.609. The predicted octanol–water partition coefficient (Wildman–Crippen LogP) is 5.39. The van der Waals surface area contributed by atoms with E-state index in [4.69, 9.17) is 18.9 Å². The van der Waals surface area contributed by atoms with Crippen molar-refractivity contribution in [1.82, 2.24) is 0 Å². The number of benzene rings is 1. The maximum Gasteiger partial charge on any atom is 0.0718 e. The maximum absolute atomic E-state index is 5.64. The second kappa shape index (κ2) is 19.8. The van der Waals surface area contributed by atoms with E-state index in [-0.39, 0.29) is 0 Å². The molecule has 0 bridgehead atoms. The molecular formula is C23H40O4. The smallest absolute Gasteiger partial charge is 0.0718 e. The fourth-order valence-corrected chi connectivity index (χ4v) is 2.73. The van der Waals surface area contributed by atoms with Gasteiger partial charge in [-0.05, 0) is 18.4 Å². The molecular weight excluding hydrogens is 340 g/mol. The van der Waals surface area contributed by atoms with Crippen LogP contribution in [-0.2, 0) is 25.6 Å². The molecule has 0 aliphatic heterocycles. The van der Waals surface area contributed by atoms with E-state index in [1.807, 2.05) is 18.2 Å². The van der Waals surface area contributed by atoms with Gasteiger partial charge in [-0.25, -0.2) is 0 Å². The molecule has 0 N–H and O–H groups in total. The summed E-state index contributed by atoms with van der Waals surface area (Å²) in [5.41, 5.74) is 1.19. The molecule has 0 amide bonds. The second-order valence-corrected chi connectivity index (χ2v) is 6.85. The van der Waals surface area contributed by atoms with Gasteiger partial charge in [-0.2, -0.15) is 0 Å². The number of unbranched alkanes of at least 4 members (excludes halogenated alkanes) is 6.